The summed E-state index contributed by atoms with van der Waals surface area (Å²) in [6, 6.07) is 27.5. The van der Waals surface area contributed by atoms with Gasteiger partial charge in [0.05, 0.1) is 5.70 Å². The molecule has 4 nitrogen and oxygen atoms in total. The summed E-state index contributed by atoms with van der Waals surface area (Å²) < 4.78 is 5.71. The van der Waals surface area contributed by atoms with Gasteiger partial charge >= 0.3 is 6.09 Å². The minimum atomic E-state index is -0.572. The molecule has 138 valence electrons. The first-order valence-corrected chi connectivity index (χ1v) is 9.05. The Balaban J connectivity index is 1.75. The van der Waals surface area contributed by atoms with E-state index in [-0.39, 0.29) is 11.5 Å². The molecule has 0 saturated carbocycles. The molecule has 4 heteroatoms. The highest BCUT2D eigenvalue weighted by Gasteiger charge is 2.46. The Bertz CT molecular complexity index is 1000. The largest absolute Gasteiger partial charge is 0.438 e. The summed E-state index contributed by atoms with van der Waals surface area (Å²) in [5.41, 5.74) is 2.33. The van der Waals surface area contributed by atoms with Gasteiger partial charge in [0.2, 0.25) is 5.78 Å². The Morgan fingerprint density at radius 2 is 1.29 bits per heavy atom. The molecule has 1 heterocycles. The SMILES string of the molecule is C=C(C(=O)c1ccccc1)N1C(=O)O[C@@H](c2ccccc2)[C@H]1c1ccccc1. The van der Waals surface area contributed by atoms with Crippen LogP contribution < -0.4 is 0 Å². The standard InChI is InChI=1S/C24H19NO3/c1-17(22(26)19-13-7-3-8-14-19)25-21(18-11-5-2-6-12-18)23(28-24(25)27)20-15-9-4-10-16-20/h2-16,21,23H,1H2/t21-,23+/m1/s1. The van der Waals surface area contributed by atoms with E-state index in [0.29, 0.717) is 5.56 Å². The Morgan fingerprint density at radius 3 is 1.86 bits per heavy atom. The number of allylic oxidation sites excluding steroid dienone is 1. The summed E-state index contributed by atoms with van der Waals surface area (Å²) >= 11 is 0. The van der Waals surface area contributed by atoms with Crippen molar-refractivity contribution in [1.82, 2.24) is 4.90 Å². The number of benzene rings is 3. The maximum absolute atomic E-state index is 12.9. The van der Waals surface area contributed by atoms with Crippen LogP contribution in [0.15, 0.2) is 103 Å². The number of hydrogen-bond acceptors (Lipinski definition) is 3. The first-order valence-electron chi connectivity index (χ1n) is 9.05. The average Bonchev–Trinajstić information content (AvgIpc) is 3.11. The second-order valence-electron chi connectivity index (χ2n) is 6.58. The van der Waals surface area contributed by atoms with Gasteiger partial charge in [0, 0.05) is 5.56 Å². The quantitative estimate of drug-likeness (QED) is 0.452. The number of Topliss-reactive ketones (excluding diaryl/α,β-unsaturated/α-hetero) is 1. The second-order valence-corrected chi connectivity index (χ2v) is 6.58. The van der Waals surface area contributed by atoms with E-state index in [1.165, 1.54) is 4.90 Å². The third-order valence-electron chi connectivity index (χ3n) is 4.85. The Kier molecular flexibility index (Phi) is 4.77. The lowest BCUT2D eigenvalue weighted by Crippen LogP contribution is -2.31. The first kappa shape index (κ1) is 17.7. The number of ether oxygens (including phenoxy) is 1. The maximum atomic E-state index is 12.9. The summed E-state index contributed by atoms with van der Waals surface area (Å²) in [5, 5.41) is 0. The molecule has 0 radical (unpaired) electrons. The van der Waals surface area contributed by atoms with E-state index in [2.05, 4.69) is 6.58 Å². The van der Waals surface area contributed by atoms with Gasteiger partial charge in [-0.25, -0.2) is 4.79 Å². The van der Waals surface area contributed by atoms with Gasteiger partial charge in [-0.3, -0.25) is 9.69 Å². The monoisotopic (exact) mass is 369 g/mol. The predicted octanol–water partition coefficient (Wildman–Crippen LogP) is 5.32. The molecule has 0 aliphatic carbocycles. The van der Waals surface area contributed by atoms with Crippen LogP contribution in [0.1, 0.15) is 33.6 Å². The molecule has 0 aromatic heterocycles. The van der Waals surface area contributed by atoms with Crippen molar-refractivity contribution < 1.29 is 14.3 Å². The van der Waals surface area contributed by atoms with Crippen molar-refractivity contribution in [1.29, 1.82) is 0 Å². The van der Waals surface area contributed by atoms with Crippen LogP contribution in [0.3, 0.4) is 0 Å². The molecule has 0 spiro atoms. The summed E-state index contributed by atoms with van der Waals surface area (Å²) in [6.07, 6.45) is -1.10. The van der Waals surface area contributed by atoms with E-state index in [4.69, 9.17) is 4.74 Å². The first-order chi connectivity index (χ1) is 13.7. The Labute approximate surface area is 163 Å². The van der Waals surface area contributed by atoms with Crippen LogP contribution >= 0.6 is 0 Å². The molecule has 1 amide bonds. The maximum Gasteiger partial charge on any atom is 0.415 e. The number of carbonyl (C=O) groups is 2. The van der Waals surface area contributed by atoms with Crippen molar-refractivity contribution in [2.45, 2.75) is 12.1 Å². The third kappa shape index (κ3) is 3.21. The normalized spacial score (nSPS) is 18.6. The van der Waals surface area contributed by atoms with E-state index in [1.54, 1.807) is 24.3 Å². The van der Waals surface area contributed by atoms with E-state index in [1.807, 2.05) is 66.7 Å². The highest BCUT2D eigenvalue weighted by atomic mass is 16.6. The number of carbonyl (C=O) groups excluding carboxylic acids is 2. The van der Waals surface area contributed by atoms with E-state index < -0.39 is 18.2 Å². The molecule has 28 heavy (non-hydrogen) atoms. The zero-order chi connectivity index (χ0) is 19.5. The van der Waals surface area contributed by atoms with E-state index in [0.717, 1.165) is 11.1 Å². The summed E-state index contributed by atoms with van der Waals surface area (Å²) in [4.78, 5) is 27.1. The fraction of sp³-hybridized carbons (Fsp3) is 0.0833. The summed E-state index contributed by atoms with van der Waals surface area (Å²) in [6.45, 7) is 3.94. The number of amides is 1. The molecule has 0 bridgehead atoms. The topological polar surface area (TPSA) is 46.6 Å². The Morgan fingerprint density at radius 1 is 0.786 bits per heavy atom. The number of rotatable bonds is 5. The second kappa shape index (κ2) is 7.53. The minimum Gasteiger partial charge on any atom is -0.438 e. The van der Waals surface area contributed by atoms with Gasteiger partial charge in [-0.05, 0) is 11.1 Å². The molecule has 0 N–H and O–H groups in total. The van der Waals surface area contributed by atoms with Crippen LogP contribution in [-0.2, 0) is 4.74 Å². The molecule has 1 saturated heterocycles. The zero-order valence-corrected chi connectivity index (χ0v) is 15.2. The van der Waals surface area contributed by atoms with Gasteiger partial charge in [-0.1, -0.05) is 97.6 Å². The molecular formula is C24H19NO3. The summed E-state index contributed by atoms with van der Waals surface area (Å²) in [5.74, 6) is -0.299. The fourth-order valence-electron chi connectivity index (χ4n) is 3.49. The van der Waals surface area contributed by atoms with Gasteiger partial charge < -0.3 is 4.74 Å². The highest BCUT2D eigenvalue weighted by molar-refractivity contribution is 6.09. The van der Waals surface area contributed by atoms with Crippen LogP contribution in [-0.4, -0.2) is 16.8 Å². The van der Waals surface area contributed by atoms with Gasteiger partial charge in [-0.15, -0.1) is 0 Å². The fourth-order valence-corrected chi connectivity index (χ4v) is 3.49. The van der Waals surface area contributed by atoms with Crippen molar-refractivity contribution in [3.8, 4) is 0 Å². The van der Waals surface area contributed by atoms with Crippen LogP contribution in [0, 0.1) is 0 Å². The van der Waals surface area contributed by atoms with Gasteiger partial charge in [0.25, 0.3) is 0 Å². The number of nitrogens with zero attached hydrogens (tertiary/aromatic N) is 1. The highest BCUT2D eigenvalue weighted by Crippen LogP contribution is 2.45. The van der Waals surface area contributed by atoms with E-state index in [9.17, 15) is 9.59 Å². The molecule has 4 rings (SSSR count). The average molecular weight is 369 g/mol. The van der Waals surface area contributed by atoms with Crippen molar-refractivity contribution in [2.75, 3.05) is 0 Å². The number of ketones is 1. The minimum absolute atomic E-state index is 0.100. The van der Waals surface area contributed by atoms with Gasteiger partial charge in [0.15, 0.2) is 6.10 Å². The lowest BCUT2D eigenvalue weighted by atomic mass is 9.94. The molecule has 0 unspecified atom stereocenters. The zero-order valence-electron chi connectivity index (χ0n) is 15.2. The lowest BCUT2D eigenvalue weighted by Gasteiger charge is -2.26. The molecule has 3 aromatic carbocycles. The molecule has 1 aliphatic heterocycles. The van der Waals surface area contributed by atoms with Crippen molar-refractivity contribution in [3.63, 3.8) is 0 Å². The number of cyclic esters (lactones) is 1. The van der Waals surface area contributed by atoms with Crippen LogP contribution in [0.2, 0.25) is 0 Å². The smallest absolute Gasteiger partial charge is 0.415 e. The third-order valence-corrected chi connectivity index (χ3v) is 4.85. The van der Waals surface area contributed by atoms with Crippen molar-refractivity contribution >= 4 is 11.9 Å². The van der Waals surface area contributed by atoms with E-state index >= 15 is 0 Å². The summed E-state index contributed by atoms with van der Waals surface area (Å²) in [7, 11) is 0. The molecule has 1 aliphatic rings. The molecule has 1 fully saturated rings. The van der Waals surface area contributed by atoms with Crippen molar-refractivity contribution in [3.05, 3.63) is 120 Å². The number of hydrogen-bond donors (Lipinski definition) is 0. The predicted molar refractivity (Wildman–Crippen MR) is 107 cm³/mol. The van der Waals surface area contributed by atoms with Crippen LogP contribution in [0.4, 0.5) is 4.79 Å². The molecule has 3 aromatic rings. The van der Waals surface area contributed by atoms with Crippen LogP contribution in [0.25, 0.3) is 0 Å². The Hall–Kier alpha value is -3.66. The van der Waals surface area contributed by atoms with Crippen molar-refractivity contribution in [2.24, 2.45) is 0 Å². The van der Waals surface area contributed by atoms with Gasteiger partial charge in [-0.2, -0.15) is 0 Å². The van der Waals surface area contributed by atoms with Gasteiger partial charge in [0.1, 0.15) is 6.04 Å². The molecule has 2 atom stereocenters. The van der Waals surface area contributed by atoms with Crippen LogP contribution in [0.5, 0.6) is 0 Å². The lowest BCUT2D eigenvalue weighted by molar-refractivity contribution is 0.0989. The molecular weight excluding hydrogens is 350 g/mol.